The van der Waals surface area contributed by atoms with E-state index in [2.05, 4.69) is 25.9 Å². The van der Waals surface area contributed by atoms with Crippen molar-refractivity contribution in [2.24, 2.45) is 0 Å². The summed E-state index contributed by atoms with van der Waals surface area (Å²) < 4.78 is 0.807. The molecule has 5 nitrogen and oxygen atoms in total. The molecule has 0 saturated heterocycles. The molecule has 1 heterocycles. The van der Waals surface area contributed by atoms with Crippen molar-refractivity contribution >= 4 is 39.3 Å². The number of rotatable bonds is 1. The molecule has 1 aromatic carbocycles. The summed E-state index contributed by atoms with van der Waals surface area (Å²) in [7, 11) is 0. The lowest BCUT2D eigenvalue weighted by atomic mass is 10.1. The molecule has 1 aromatic heterocycles. The normalized spacial score (nSPS) is 10.1. The standard InChI is InChI=1S/C11H7BrClN5/c12-5-1-2-8(13)6(3-5)9-7(4-14)10(15)18-11(16)17-9/h1-3H,(H4,15,16,17,18). The quantitative estimate of drug-likeness (QED) is 0.839. The average molecular weight is 325 g/mol. The first kappa shape index (κ1) is 12.6. The van der Waals surface area contributed by atoms with E-state index in [1.807, 2.05) is 6.07 Å². The maximum Gasteiger partial charge on any atom is 0.222 e. The van der Waals surface area contributed by atoms with Crippen LogP contribution in [0, 0.1) is 11.3 Å². The minimum atomic E-state index is -0.00228. The van der Waals surface area contributed by atoms with Crippen molar-refractivity contribution in [3.8, 4) is 17.3 Å². The van der Waals surface area contributed by atoms with Gasteiger partial charge in [-0.15, -0.1) is 0 Å². The van der Waals surface area contributed by atoms with Crippen LogP contribution in [0.25, 0.3) is 11.3 Å². The highest BCUT2D eigenvalue weighted by molar-refractivity contribution is 9.10. The lowest BCUT2D eigenvalue weighted by Crippen LogP contribution is -2.05. The fourth-order valence-corrected chi connectivity index (χ4v) is 2.05. The molecule has 2 aromatic rings. The van der Waals surface area contributed by atoms with Gasteiger partial charge in [-0.2, -0.15) is 10.2 Å². The second-order valence-electron chi connectivity index (χ2n) is 3.43. The van der Waals surface area contributed by atoms with Gasteiger partial charge in [0.1, 0.15) is 17.5 Å². The minimum absolute atomic E-state index is 0.00228. The number of halogens is 2. The number of anilines is 2. The summed E-state index contributed by atoms with van der Waals surface area (Å²) in [6.07, 6.45) is 0. The fraction of sp³-hybridized carbons (Fsp3) is 0. The Labute approximate surface area is 117 Å². The number of hydrogen-bond acceptors (Lipinski definition) is 5. The summed E-state index contributed by atoms with van der Waals surface area (Å²) in [5, 5.41) is 9.56. The third-order valence-electron chi connectivity index (χ3n) is 2.25. The smallest absolute Gasteiger partial charge is 0.222 e. The molecule has 0 aliphatic rings. The Morgan fingerprint density at radius 2 is 2.00 bits per heavy atom. The lowest BCUT2D eigenvalue weighted by Gasteiger charge is -2.08. The van der Waals surface area contributed by atoms with Crippen molar-refractivity contribution in [3.63, 3.8) is 0 Å². The number of nitrogens with two attached hydrogens (primary N) is 2. The molecule has 0 aliphatic carbocycles. The van der Waals surface area contributed by atoms with Crippen molar-refractivity contribution in [2.75, 3.05) is 11.5 Å². The van der Waals surface area contributed by atoms with Crippen LogP contribution in [0.2, 0.25) is 5.02 Å². The van der Waals surface area contributed by atoms with Crippen LogP contribution in [0.1, 0.15) is 5.56 Å². The van der Waals surface area contributed by atoms with Gasteiger partial charge >= 0.3 is 0 Å². The van der Waals surface area contributed by atoms with Crippen LogP contribution in [0.5, 0.6) is 0 Å². The highest BCUT2D eigenvalue weighted by Gasteiger charge is 2.15. The summed E-state index contributed by atoms with van der Waals surface area (Å²) in [5.41, 5.74) is 12.2. The highest BCUT2D eigenvalue weighted by atomic mass is 79.9. The van der Waals surface area contributed by atoms with E-state index in [4.69, 9.17) is 28.3 Å². The van der Waals surface area contributed by atoms with E-state index in [1.165, 1.54) is 0 Å². The van der Waals surface area contributed by atoms with Crippen molar-refractivity contribution < 1.29 is 0 Å². The molecular formula is C11H7BrClN5. The molecule has 90 valence electrons. The van der Waals surface area contributed by atoms with Gasteiger partial charge in [-0.3, -0.25) is 0 Å². The number of nitrogen functional groups attached to an aromatic ring is 2. The summed E-state index contributed by atoms with van der Waals surface area (Å²) in [6.45, 7) is 0. The van der Waals surface area contributed by atoms with Gasteiger partial charge in [-0.25, -0.2) is 4.98 Å². The topological polar surface area (TPSA) is 102 Å². The van der Waals surface area contributed by atoms with E-state index in [1.54, 1.807) is 18.2 Å². The summed E-state index contributed by atoms with van der Waals surface area (Å²) in [5.74, 6) is 0.0357. The number of aromatic nitrogens is 2. The molecule has 0 unspecified atom stereocenters. The second-order valence-corrected chi connectivity index (χ2v) is 4.75. The molecule has 0 radical (unpaired) electrons. The van der Waals surface area contributed by atoms with Gasteiger partial charge in [0, 0.05) is 10.0 Å². The van der Waals surface area contributed by atoms with Gasteiger partial charge in [0.15, 0.2) is 0 Å². The van der Waals surface area contributed by atoms with Gasteiger partial charge < -0.3 is 11.5 Å². The largest absolute Gasteiger partial charge is 0.382 e. The van der Waals surface area contributed by atoms with E-state index in [-0.39, 0.29) is 17.3 Å². The van der Waals surface area contributed by atoms with Gasteiger partial charge in [-0.1, -0.05) is 27.5 Å². The monoisotopic (exact) mass is 323 g/mol. The fourth-order valence-electron chi connectivity index (χ4n) is 1.48. The van der Waals surface area contributed by atoms with Crippen molar-refractivity contribution in [1.29, 1.82) is 5.26 Å². The summed E-state index contributed by atoms with van der Waals surface area (Å²) in [6, 6.07) is 7.17. The Kier molecular flexibility index (Phi) is 3.36. The van der Waals surface area contributed by atoms with Crippen molar-refractivity contribution in [3.05, 3.63) is 33.3 Å². The summed E-state index contributed by atoms with van der Waals surface area (Å²) >= 11 is 9.42. The van der Waals surface area contributed by atoms with E-state index in [0.29, 0.717) is 16.3 Å². The molecule has 0 saturated carbocycles. The number of hydrogen-bond donors (Lipinski definition) is 2. The zero-order valence-corrected chi connectivity index (χ0v) is 11.3. The van der Waals surface area contributed by atoms with E-state index in [0.717, 1.165) is 4.47 Å². The van der Waals surface area contributed by atoms with E-state index in [9.17, 15) is 0 Å². The number of benzene rings is 1. The van der Waals surface area contributed by atoms with Gasteiger partial charge in [0.05, 0.1) is 10.7 Å². The van der Waals surface area contributed by atoms with Crippen LogP contribution < -0.4 is 11.5 Å². The minimum Gasteiger partial charge on any atom is -0.382 e. The van der Waals surface area contributed by atoms with Gasteiger partial charge in [-0.05, 0) is 18.2 Å². The van der Waals surface area contributed by atoms with Crippen LogP contribution in [-0.2, 0) is 0 Å². The Hall–Kier alpha value is -1.84. The SMILES string of the molecule is N#Cc1c(N)nc(N)nc1-c1cc(Br)ccc1Cl. The molecule has 18 heavy (non-hydrogen) atoms. The maximum atomic E-state index is 9.11. The summed E-state index contributed by atoms with van der Waals surface area (Å²) in [4.78, 5) is 7.79. The molecule has 0 bridgehead atoms. The predicted octanol–water partition coefficient (Wildman–Crippen LogP) is 2.60. The predicted molar refractivity (Wildman–Crippen MR) is 73.7 cm³/mol. The van der Waals surface area contributed by atoms with Crippen molar-refractivity contribution in [1.82, 2.24) is 9.97 Å². The van der Waals surface area contributed by atoms with Crippen LogP contribution in [0.4, 0.5) is 11.8 Å². The highest BCUT2D eigenvalue weighted by Crippen LogP contribution is 2.33. The maximum absolute atomic E-state index is 9.11. The molecule has 4 N–H and O–H groups in total. The number of nitriles is 1. The van der Waals surface area contributed by atoms with Gasteiger partial charge in [0.25, 0.3) is 0 Å². The average Bonchev–Trinajstić information content (AvgIpc) is 2.31. The first-order valence-corrected chi connectivity index (χ1v) is 5.98. The number of nitrogens with zero attached hydrogens (tertiary/aromatic N) is 3. The Morgan fingerprint density at radius 3 is 2.67 bits per heavy atom. The lowest BCUT2D eigenvalue weighted by molar-refractivity contribution is 1.18. The van der Waals surface area contributed by atoms with E-state index < -0.39 is 0 Å². The molecule has 0 spiro atoms. The van der Waals surface area contributed by atoms with Crippen LogP contribution in [0.3, 0.4) is 0 Å². The van der Waals surface area contributed by atoms with Gasteiger partial charge in [0.2, 0.25) is 5.95 Å². The molecular weight excluding hydrogens is 318 g/mol. The first-order valence-electron chi connectivity index (χ1n) is 4.81. The molecule has 0 amide bonds. The van der Waals surface area contributed by atoms with Crippen molar-refractivity contribution in [2.45, 2.75) is 0 Å². The third-order valence-corrected chi connectivity index (χ3v) is 3.07. The van der Waals surface area contributed by atoms with Crippen LogP contribution in [-0.4, -0.2) is 9.97 Å². The zero-order valence-electron chi connectivity index (χ0n) is 8.98. The van der Waals surface area contributed by atoms with Crippen LogP contribution >= 0.6 is 27.5 Å². The Morgan fingerprint density at radius 1 is 1.28 bits per heavy atom. The molecule has 0 fully saturated rings. The van der Waals surface area contributed by atoms with E-state index >= 15 is 0 Å². The molecule has 0 atom stereocenters. The zero-order chi connectivity index (χ0) is 13.3. The Balaban J connectivity index is 2.78. The molecule has 2 rings (SSSR count). The Bertz CT molecular complexity index is 665. The molecule has 0 aliphatic heterocycles. The second kappa shape index (κ2) is 4.80. The third kappa shape index (κ3) is 2.23. The van der Waals surface area contributed by atoms with Crippen LogP contribution in [0.15, 0.2) is 22.7 Å². The molecule has 7 heteroatoms. The first-order chi connectivity index (χ1) is 8.52.